The largest absolute Gasteiger partial charge is 0.357 e. The summed E-state index contributed by atoms with van der Waals surface area (Å²) in [6.45, 7) is 7.83. The first-order valence-electron chi connectivity index (χ1n) is 8.40. The van der Waals surface area contributed by atoms with Crippen LogP contribution in [0.15, 0.2) is 12.1 Å². The molecule has 2 fully saturated rings. The van der Waals surface area contributed by atoms with Gasteiger partial charge in [0.2, 0.25) is 0 Å². The molecule has 4 heteroatoms. The Kier molecular flexibility index (Phi) is 3.46. The molecule has 0 radical (unpaired) electrons. The van der Waals surface area contributed by atoms with Crippen molar-refractivity contribution in [2.45, 2.75) is 46.1 Å². The van der Waals surface area contributed by atoms with Crippen molar-refractivity contribution in [2.24, 2.45) is 11.3 Å². The molecular weight excluding hydrogens is 294 g/mol. The van der Waals surface area contributed by atoms with Gasteiger partial charge in [0.1, 0.15) is 5.15 Å². The van der Waals surface area contributed by atoms with Crippen LogP contribution in [0.25, 0.3) is 10.9 Å². The molecule has 2 aromatic heterocycles. The van der Waals surface area contributed by atoms with Crippen LogP contribution in [-0.4, -0.2) is 28.0 Å². The average molecular weight is 318 g/mol. The number of aryl methyl sites for hydroxylation is 1. The zero-order valence-electron chi connectivity index (χ0n) is 13.5. The summed E-state index contributed by atoms with van der Waals surface area (Å²) in [6, 6.07) is 4.24. The normalized spacial score (nSPS) is 22.3. The highest BCUT2D eigenvalue weighted by atomic mass is 35.5. The summed E-state index contributed by atoms with van der Waals surface area (Å²) in [5, 5.41) is 1.65. The fourth-order valence-electron chi connectivity index (χ4n) is 4.61. The van der Waals surface area contributed by atoms with Crippen LogP contribution in [0.3, 0.4) is 0 Å². The van der Waals surface area contributed by atoms with Gasteiger partial charge in [-0.1, -0.05) is 18.5 Å². The molecule has 2 aliphatic rings. The van der Waals surface area contributed by atoms with Crippen LogP contribution in [0, 0.1) is 18.3 Å². The van der Waals surface area contributed by atoms with Crippen molar-refractivity contribution in [2.75, 3.05) is 13.1 Å². The van der Waals surface area contributed by atoms with Crippen molar-refractivity contribution < 1.29 is 0 Å². The first-order chi connectivity index (χ1) is 10.5. The van der Waals surface area contributed by atoms with E-state index < -0.39 is 0 Å². The molecule has 1 N–H and O–H groups in total. The number of nitrogens with one attached hydrogen (secondary N) is 1. The van der Waals surface area contributed by atoms with Crippen LogP contribution in [0.5, 0.6) is 0 Å². The molecule has 2 aromatic rings. The predicted octanol–water partition coefficient (Wildman–Crippen LogP) is 4.54. The quantitative estimate of drug-likeness (QED) is 0.825. The molecule has 1 aliphatic heterocycles. The van der Waals surface area contributed by atoms with Gasteiger partial charge < -0.3 is 4.98 Å². The van der Waals surface area contributed by atoms with Crippen LogP contribution in [0.1, 0.15) is 44.0 Å². The second kappa shape index (κ2) is 5.24. The third-order valence-electron chi connectivity index (χ3n) is 5.63. The lowest BCUT2D eigenvalue weighted by Gasteiger charge is -2.51. The van der Waals surface area contributed by atoms with E-state index in [1.807, 2.05) is 6.92 Å². The molecule has 4 rings (SSSR count). The van der Waals surface area contributed by atoms with Crippen molar-refractivity contribution in [3.8, 4) is 0 Å². The number of rotatable bonds is 2. The summed E-state index contributed by atoms with van der Waals surface area (Å²) in [4.78, 5) is 10.4. The molecule has 1 saturated heterocycles. The highest BCUT2D eigenvalue weighted by Gasteiger charge is 2.43. The Morgan fingerprint density at radius 1 is 1.32 bits per heavy atom. The number of halogens is 1. The van der Waals surface area contributed by atoms with E-state index in [2.05, 4.69) is 33.9 Å². The number of likely N-dealkylation sites (tertiary alicyclic amines) is 1. The summed E-state index contributed by atoms with van der Waals surface area (Å²) >= 11 is 6.25. The summed E-state index contributed by atoms with van der Waals surface area (Å²) in [7, 11) is 0. The zero-order chi connectivity index (χ0) is 15.3. The number of aromatic amines is 1. The van der Waals surface area contributed by atoms with Crippen LogP contribution >= 0.6 is 11.6 Å². The molecule has 0 unspecified atom stereocenters. The lowest BCUT2D eigenvalue weighted by molar-refractivity contribution is -0.00818. The lowest BCUT2D eigenvalue weighted by atomic mass is 9.58. The van der Waals surface area contributed by atoms with Gasteiger partial charge in [-0.3, -0.25) is 4.90 Å². The monoisotopic (exact) mass is 317 g/mol. The van der Waals surface area contributed by atoms with E-state index in [9.17, 15) is 0 Å². The van der Waals surface area contributed by atoms with E-state index in [4.69, 9.17) is 11.6 Å². The predicted molar refractivity (Wildman–Crippen MR) is 91.2 cm³/mol. The highest BCUT2D eigenvalue weighted by Crippen LogP contribution is 2.52. The molecule has 118 valence electrons. The average Bonchev–Trinajstić information content (AvgIpc) is 2.82. The van der Waals surface area contributed by atoms with Crippen molar-refractivity contribution in [1.82, 2.24) is 14.9 Å². The molecule has 1 saturated carbocycles. The molecule has 0 aromatic carbocycles. The topological polar surface area (TPSA) is 31.9 Å². The minimum absolute atomic E-state index is 0.610. The molecule has 22 heavy (non-hydrogen) atoms. The van der Waals surface area contributed by atoms with E-state index in [1.165, 1.54) is 44.5 Å². The molecule has 3 nitrogen and oxygen atoms in total. The van der Waals surface area contributed by atoms with Gasteiger partial charge in [0, 0.05) is 23.3 Å². The van der Waals surface area contributed by atoms with Gasteiger partial charge in [-0.25, -0.2) is 4.98 Å². The van der Waals surface area contributed by atoms with E-state index >= 15 is 0 Å². The SMILES string of the molecule is Cc1cc2[nH]c(CN3CCC4(CC3)CC(C)C4)cc2c(Cl)n1. The van der Waals surface area contributed by atoms with E-state index in [0.29, 0.717) is 10.6 Å². The standard InChI is InChI=1S/C18H24ClN3/c1-12-9-18(10-12)3-5-22(6-4-18)11-14-8-15-16(21-14)7-13(2)20-17(15)19/h7-8,12,21H,3-6,9-11H2,1-2H3. The maximum Gasteiger partial charge on any atom is 0.138 e. The third kappa shape index (κ3) is 2.55. The molecule has 0 amide bonds. The van der Waals surface area contributed by atoms with Crippen LogP contribution in [0.2, 0.25) is 5.15 Å². The van der Waals surface area contributed by atoms with Crippen molar-refractivity contribution in [1.29, 1.82) is 0 Å². The zero-order valence-corrected chi connectivity index (χ0v) is 14.2. The summed E-state index contributed by atoms with van der Waals surface area (Å²) in [5.41, 5.74) is 4.02. The Hall–Kier alpha value is -1.06. The number of hydrogen-bond acceptors (Lipinski definition) is 2. The Balaban J connectivity index is 1.45. The third-order valence-corrected chi connectivity index (χ3v) is 5.92. The minimum atomic E-state index is 0.610. The van der Waals surface area contributed by atoms with Gasteiger partial charge in [0.25, 0.3) is 0 Å². The molecule has 0 atom stereocenters. The summed E-state index contributed by atoms with van der Waals surface area (Å²) < 4.78 is 0. The molecule has 1 aliphatic carbocycles. The minimum Gasteiger partial charge on any atom is -0.357 e. The van der Waals surface area contributed by atoms with Gasteiger partial charge in [-0.2, -0.15) is 0 Å². The molecule has 3 heterocycles. The number of hydrogen-bond donors (Lipinski definition) is 1. The Morgan fingerprint density at radius 2 is 2.05 bits per heavy atom. The first-order valence-corrected chi connectivity index (χ1v) is 8.78. The van der Waals surface area contributed by atoms with Crippen LogP contribution in [-0.2, 0) is 6.54 Å². The van der Waals surface area contributed by atoms with Gasteiger partial charge in [0.15, 0.2) is 0 Å². The van der Waals surface area contributed by atoms with Crippen LogP contribution < -0.4 is 0 Å². The number of aromatic nitrogens is 2. The second-order valence-corrected chi connectivity index (χ2v) is 7.96. The number of H-pyrrole nitrogens is 1. The van der Waals surface area contributed by atoms with Gasteiger partial charge in [0.05, 0.1) is 5.52 Å². The fraction of sp³-hybridized carbons (Fsp3) is 0.611. The number of nitrogens with zero attached hydrogens (tertiary/aromatic N) is 2. The molecule has 1 spiro atoms. The van der Waals surface area contributed by atoms with Gasteiger partial charge in [-0.15, -0.1) is 0 Å². The van der Waals surface area contributed by atoms with E-state index in [-0.39, 0.29) is 0 Å². The number of piperidine rings is 1. The van der Waals surface area contributed by atoms with Gasteiger partial charge >= 0.3 is 0 Å². The number of fused-ring (bicyclic) bond motifs is 1. The Labute approximate surface area is 137 Å². The first kappa shape index (κ1) is 14.5. The summed E-state index contributed by atoms with van der Waals surface area (Å²) in [5.74, 6) is 0.957. The summed E-state index contributed by atoms with van der Waals surface area (Å²) in [6.07, 6.45) is 5.65. The molecular formula is C18H24ClN3. The Morgan fingerprint density at radius 3 is 2.73 bits per heavy atom. The highest BCUT2D eigenvalue weighted by molar-refractivity contribution is 6.34. The fourth-order valence-corrected chi connectivity index (χ4v) is 4.90. The van der Waals surface area contributed by atoms with E-state index in [1.54, 1.807) is 0 Å². The van der Waals surface area contributed by atoms with E-state index in [0.717, 1.165) is 29.1 Å². The van der Waals surface area contributed by atoms with Crippen molar-refractivity contribution in [3.63, 3.8) is 0 Å². The maximum atomic E-state index is 6.25. The number of pyridine rings is 1. The Bertz CT molecular complexity index is 690. The second-order valence-electron chi connectivity index (χ2n) is 7.60. The maximum absolute atomic E-state index is 6.25. The molecule has 0 bridgehead atoms. The smallest absolute Gasteiger partial charge is 0.138 e. The van der Waals surface area contributed by atoms with Crippen molar-refractivity contribution >= 4 is 22.5 Å². The lowest BCUT2D eigenvalue weighted by Crippen LogP contribution is -2.46. The van der Waals surface area contributed by atoms with Crippen LogP contribution in [0.4, 0.5) is 0 Å². The van der Waals surface area contributed by atoms with Crippen molar-refractivity contribution in [3.05, 3.63) is 28.7 Å². The van der Waals surface area contributed by atoms with Gasteiger partial charge in [-0.05, 0) is 69.2 Å².